The normalized spacial score (nSPS) is 13.8. The summed E-state index contributed by atoms with van der Waals surface area (Å²) in [6.45, 7) is 4.47. The van der Waals surface area contributed by atoms with E-state index >= 15 is 0 Å². The molecule has 0 saturated carbocycles. The number of thioether (sulfide) groups is 1. The molecule has 4 aromatic carbocycles. The number of hydrogen-bond acceptors (Lipinski definition) is 8. The average molecular weight is 703 g/mol. The molecule has 6 rings (SSSR count). The molecule has 12 heteroatoms. The summed E-state index contributed by atoms with van der Waals surface area (Å²) in [5, 5.41) is 13.1. The van der Waals surface area contributed by atoms with Crippen molar-refractivity contribution in [3.05, 3.63) is 129 Å². The molecule has 2 heterocycles. The van der Waals surface area contributed by atoms with E-state index in [-0.39, 0.29) is 12.5 Å². The van der Waals surface area contributed by atoms with Gasteiger partial charge < -0.3 is 24.8 Å². The van der Waals surface area contributed by atoms with Crippen LogP contribution in [0.5, 0.6) is 17.2 Å². The Morgan fingerprint density at radius 3 is 2.35 bits per heavy atom. The van der Waals surface area contributed by atoms with Crippen molar-refractivity contribution in [1.82, 2.24) is 14.8 Å². The van der Waals surface area contributed by atoms with Crippen LogP contribution in [0.2, 0.25) is 10.0 Å². The number of hydrogen-bond donors (Lipinski definition) is 2. The zero-order valence-electron chi connectivity index (χ0n) is 26.5. The van der Waals surface area contributed by atoms with Crippen LogP contribution in [0.3, 0.4) is 0 Å². The van der Waals surface area contributed by atoms with Crippen molar-refractivity contribution in [1.29, 1.82) is 0 Å². The minimum atomic E-state index is -0.658. The number of nitrogens with zero attached hydrogens (tertiary/aromatic N) is 3. The van der Waals surface area contributed by atoms with Crippen molar-refractivity contribution in [2.45, 2.75) is 37.4 Å². The fourth-order valence-electron chi connectivity index (χ4n) is 5.34. The summed E-state index contributed by atoms with van der Waals surface area (Å²) in [7, 11) is 1.58. The molecule has 1 atom stereocenters. The summed E-state index contributed by atoms with van der Waals surface area (Å²) in [6, 6.07) is 27.5. The molecule has 246 valence electrons. The fourth-order valence-corrected chi connectivity index (χ4v) is 6.64. The summed E-state index contributed by atoms with van der Waals surface area (Å²) in [4.78, 5) is 19.0. The summed E-state index contributed by atoms with van der Waals surface area (Å²) < 4.78 is 19.4. The van der Waals surface area contributed by atoms with Crippen molar-refractivity contribution >= 4 is 52.5 Å². The highest BCUT2D eigenvalue weighted by atomic mass is 35.5. The lowest BCUT2D eigenvalue weighted by Crippen LogP contribution is -2.31. The molecule has 9 nitrogen and oxygen atoms in total. The minimum absolute atomic E-state index is 0.258. The third-order valence-corrected chi connectivity index (χ3v) is 9.30. The molecular formula is C36H33Cl2N5O4S. The van der Waals surface area contributed by atoms with E-state index in [1.807, 2.05) is 105 Å². The van der Waals surface area contributed by atoms with Crippen LogP contribution in [0.4, 0.5) is 11.6 Å². The maximum absolute atomic E-state index is 14.2. The molecule has 0 spiro atoms. The van der Waals surface area contributed by atoms with Crippen molar-refractivity contribution in [2.75, 3.05) is 24.4 Å². The monoisotopic (exact) mass is 701 g/mol. The second-order valence-electron chi connectivity index (χ2n) is 10.8. The number of nitrogens with one attached hydrogen (secondary N) is 2. The standard InChI is InChI=1S/C36H33Cl2N5O4S/c1-4-46-29-16-10-9-15-28(29)40-34(44)32-22(2)39-35-41-36(48-21-25-12-6-8-14-27(25)38)42-43(35)33(32)23-17-18-30(31(19-23)45-3)47-20-24-11-5-7-13-26(24)37/h5-19,33H,4,20-21H2,1-3H3,(H,40,44)(H,39,41,42). The topological polar surface area (TPSA) is 99.5 Å². The fraction of sp³-hybridized carbons (Fsp3) is 0.194. The Balaban J connectivity index is 1.36. The van der Waals surface area contributed by atoms with Crippen LogP contribution in [-0.2, 0) is 17.2 Å². The van der Waals surface area contributed by atoms with Gasteiger partial charge in [-0.3, -0.25) is 4.79 Å². The predicted octanol–water partition coefficient (Wildman–Crippen LogP) is 8.79. The third kappa shape index (κ3) is 7.26. The number of benzene rings is 4. The van der Waals surface area contributed by atoms with Crippen LogP contribution >= 0.6 is 35.0 Å². The molecule has 0 saturated heterocycles. The zero-order valence-corrected chi connectivity index (χ0v) is 28.8. The minimum Gasteiger partial charge on any atom is -0.493 e. The Morgan fingerprint density at radius 1 is 0.917 bits per heavy atom. The average Bonchev–Trinajstić information content (AvgIpc) is 3.50. The van der Waals surface area contributed by atoms with Crippen molar-refractivity contribution in [3.63, 3.8) is 0 Å². The van der Waals surface area contributed by atoms with Crippen molar-refractivity contribution in [3.8, 4) is 17.2 Å². The number of allylic oxidation sites excluding steroid dienone is 1. The van der Waals surface area contributed by atoms with Crippen molar-refractivity contribution < 1.29 is 19.0 Å². The van der Waals surface area contributed by atoms with Gasteiger partial charge in [0.2, 0.25) is 11.1 Å². The van der Waals surface area contributed by atoms with Crippen molar-refractivity contribution in [2.24, 2.45) is 0 Å². The van der Waals surface area contributed by atoms with Gasteiger partial charge in [-0.05, 0) is 61.4 Å². The summed E-state index contributed by atoms with van der Waals surface area (Å²) in [5.41, 5.74) is 4.21. The Bertz CT molecular complexity index is 1980. The van der Waals surface area contributed by atoms with Gasteiger partial charge in [-0.25, -0.2) is 4.68 Å². The number of halogens is 2. The van der Waals surface area contributed by atoms with Gasteiger partial charge in [-0.1, -0.05) is 89.6 Å². The first-order valence-electron chi connectivity index (χ1n) is 15.2. The quantitative estimate of drug-likeness (QED) is 0.125. The number of para-hydroxylation sites is 2. The largest absolute Gasteiger partial charge is 0.493 e. The lowest BCUT2D eigenvalue weighted by Gasteiger charge is -2.29. The van der Waals surface area contributed by atoms with Crippen LogP contribution in [0, 0.1) is 0 Å². The molecule has 1 aliphatic heterocycles. The number of aromatic nitrogens is 3. The third-order valence-electron chi connectivity index (χ3n) is 7.67. The van der Waals surface area contributed by atoms with Crippen LogP contribution in [-0.4, -0.2) is 34.4 Å². The second-order valence-corrected chi connectivity index (χ2v) is 12.5. The van der Waals surface area contributed by atoms with E-state index in [2.05, 4.69) is 10.6 Å². The lowest BCUT2D eigenvalue weighted by molar-refractivity contribution is -0.113. The van der Waals surface area contributed by atoms with Gasteiger partial charge in [-0.2, -0.15) is 4.98 Å². The van der Waals surface area contributed by atoms with Crippen LogP contribution in [0.15, 0.2) is 107 Å². The number of amides is 1. The SMILES string of the molecule is CCOc1ccccc1NC(=O)C1=C(C)Nc2nc(SCc3ccccc3Cl)nn2C1c1ccc(OCc2ccccc2Cl)c(OC)c1. The molecule has 1 amide bonds. The van der Waals surface area contributed by atoms with Gasteiger partial charge in [0.05, 0.1) is 25.0 Å². The predicted molar refractivity (Wildman–Crippen MR) is 191 cm³/mol. The first-order chi connectivity index (χ1) is 23.4. The molecule has 1 unspecified atom stereocenters. The van der Waals surface area contributed by atoms with E-state index in [4.69, 9.17) is 47.5 Å². The summed E-state index contributed by atoms with van der Waals surface area (Å²) >= 11 is 14.2. The van der Waals surface area contributed by atoms with Crippen LogP contribution in [0.1, 0.15) is 36.6 Å². The smallest absolute Gasteiger partial charge is 0.255 e. The lowest BCUT2D eigenvalue weighted by atomic mass is 9.94. The number of rotatable bonds is 12. The number of ether oxygens (including phenoxy) is 3. The van der Waals surface area contributed by atoms with Gasteiger partial charge in [0, 0.05) is 27.1 Å². The highest BCUT2D eigenvalue weighted by molar-refractivity contribution is 7.98. The highest BCUT2D eigenvalue weighted by Gasteiger charge is 2.35. The van der Waals surface area contributed by atoms with Crippen LogP contribution < -0.4 is 24.8 Å². The van der Waals surface area contributed by atoms with E-state index in [0.29, 0.717) is 67.7 Å². The van der Waals surface area contributed by atoms with E-state index < -0.39 is 6.04 Å². The molecule has 2 N–H and O–H groups in total. The molecule has 0 fully saturated rings. The van der Waals surface area contributed by atoms with Gasteiger partial charge in [0.25, 0.3) is 5.91 Å². The van der Waals surface area contributed by atoms with Gasteiger partial charge >= 0.3 is 0 Å². The second kappa shape index (κ2) is 15.1. The number of carbonyl (C=O) groups is 1. The Kier molecular flexibility index (Phi) is 10.4. The Labute approximate surface area is 293 Å². The molecule has 48 heavy (non-hydrogen) atoms. The van der Waals surface area contributed by atoms with Crippen LogP contribution in [0.25, 0.3) is 0 Å². The van der Waals surface area contributed by atoms with E-state index in [1.54, 1.807) is 11.8 Å². The maximum Gasteiger partial charge on any atom is 0.255 e. The highest BCUT2D eigenvalue weighted by Crippen LogP contribution is 2.41. The number of carbonyl (C=O) groups excluding carboxylic acids is 1. The first kappa shape index (κ1) is 33.3. The molecule has 0 radical (unpaired) electrons. The first-order valence-corrected chi connectivity index (χ1v) is 17.0. The molecular weight excluding hydrogens is 669 g/mol. The van der Waals surface area contributed by atoms with Gasteiger partial charge in [0.15, 0.2) is 11.5 Å². The molecule has 1 aliphatic rings. The molecule has 5 aromatic rings. The van der Waals surface area contributed by atoms with E-state index in [0.717, 1.165) is 16.7 Å². The van der Waals surface area contributed by atoms with Gasteiger partial charge in [-0.15, -0.1) is 5.10 Å². The Hall–Kier alpha value is -4.64. The summed E-state index contributed by atoms with van der Waals surface area (Å²) in [5.74, 6) is 2.36. The zero-order chi connectivity index (χ0) is 33.6. The number of anilines is 2. The molecule has 0 bridgehead atoms. The van der Waals surface area contributed by atoms with E-state index in [1.165, 1.54) is 11.8 Å². The summed E-state index contributed by atoms with van der Waals surface area (Å²) in [6.07, 6.45) is 0. The molecule has 1 aromatic heterocycles. The van der Waals surface area contributed by atoms with Gasteiger partial charge in [0.1, 0.15) is 18.4 Å². The molecule has 0 aliphatic carbocycles. The number of fused-ring (bicyclic) bond motifs is 1. The van der Waals surface area contributed by atoms with E-state index in [9.17, 15) is 4.79 Å². The maximum atomic E-state index is 14.2. The Morgan fingerprint density at radius 2 is 1.62 bits per heavy atom. The number of methoxy groups -OCH3 is 1.